The van der Waals surface area contributed by atoms with Gasteiger partial charge >= 0.3 is 18.8 Å². The first-order valence-electron chi connectivity index (χ1n) is 13.9. The second kappa shape index (κ2) is 13.9. The Bertz CT molecular complexity index is 1740. The van der Waals surface area contributed by atoms with Crippen LogP contribution in [-0.2, 0) is 46.6 Å². The summed E-state index contributed by atoms with van der Waals surface area (Å²) in [5.41, 5.74) is -0.698. The number of imidazole rings is 2. The minimum absolute atomic E-state index is 0. The van der Waals surface area contributed by atoms with E-state index in [2.05, 4.69) is 135 Å². The quantitative estimate of drug-likeness (QED) is 0.108. The zero-order valence-corrected chi connectivity index (χ0v) is 27.0. The molecule has 0 atom stereocenters. The summed E-state index contributed by atoms with van der Waals surface area (Å²) in [5, 5.41) is 0. The van der Waals surface area contributed by atoms with Gasteiger partial charge in [0, 0.05) is 40.4 Å². The monoisotopic (exact) mass is 812 g/mol. The van der Waals surface area contributed by atoms with Crippen LogP contribution in [0.5, 0.6) is 0 Å². The summed E-state index contributed by atoms with van der Waals surface area (Å²) < 4.78 is 84.7. The average molecular weight is 812 g/mol. The Morgan fingerprint density at radius 1 is 0.652 bits per heavy atom. The molecule has 6 aromatic rings. The van der Waals surface area contributed by atoms with Crippen molar-refractivity contribution in [3.8, 4) is 11.3 Å². The molecule has 3 aromatic carbocycles. The molecule has 1 radical (unpaired) electrons. The summed E-state index contributed by atoms with van der Waals surface area (Å²) in [6, 6.07) is 28.3. The molecule has 0 N–H and O–H groups in total. The largest absolute Gasteiger partial charge is 0.399 e. The topological polar surface area (TPSA) is 32.6 Å². The van der Waals surface area contributed by atoms with E-state index >= 15 is 0 Å². The van der Waals surface area contributed by atoms with Crippen LogP contribution < -0.4 is 10.9 Å². The van der Waals surface area contributed by atoms with E-state index in [4.69, 9.17) is 0 Å². The molecule has 0 aliphatic carbocycles. The number of hydrogen-bond donors (Lipinski definition) is 0. The van der Waals surface area contributed by atoms with E-state index in [9.17, 15) is 26.3 Å². The maximum atomic E-state index is 12.7. The van der Waals surface area contributed by atoms with Crippen LogP contribution in [0.25, 0.3) is 11.3 Å². The summed E-state index contributed by atoms with van der Waals surface area (Å²) in [5.74, 6) is 0. The van der Waals surface area contributed by atoms with E-state index in [1.54, 1.807) is 0 Å². The summed E-state index contributed by atoms with van der Waals surface area (Å²) in [7, 11) is 4.12. The van der Waals surface area contributed by atoms with Crippen molar-refractivity contribution in [2.24, 2.45) is 14.1 Å². The van der Waals surface area contributed by atoms with E-state index in [0.29, 0.717) is 6.07 Å². The van der Waals surface area contributed by atoms with Crippen LogP contribution in [0.2, 0.25) is 0 Å². The first-order valence-corrected chi connectivity index (χ1v) is 13.9. The third-order valence-corrected chi connectivity index (χ3v) is 7.41. The van der Waals surface area contributed by atoms with Crippen LogP contribution in [0.1, 0.15) is 11.1 Å². The molecule has 46 heavy (non-hydrogen) atoms. The van der Waals surface area contributed by atoms with E-state index in [1.165, 1.54) is 35.3 Å². The number of benzene rings is 3. The van der Waals surface area contributed by atoms with Crippen LogP contribution >= 0.6 is 0 Å². The zero-order chi connectivity index (χ0) is 32.2. The molecular formula is C33H28BF6IrN5. The second-order valence-electron chi connectivity index (χ2n) is 10.6. The van der Waals surface area contributed by atoms with Crippen LogP contribution in [0, 0.1) is 6.07 Å². The molecule has 0 unspecified atom stereocenters. The predicted molar refractivity (Wildman–Crippen MR) is 163 cm³/mol. The molecular weight excluding hydrogens is 783 g/mol. The Morgan fingerprint density at radius 3 is 1.54 bits per heavy atom. The third-order valence-electron chi connectivity index (χ3n) is 7.41. The van der Waals surface area contributed by atoms with Crippen molar-refractivity contribution in [3.63, 3.8) is 0 Å². The Morgan fingerprint density at radius 2 is 1.15 bits per heavy atom. The smallest absolute Gasteiger partial charge is 0.366 e. The molecule has 3 aromatic heterocycles. The van der Waals surface area contributed by atoms with Crippen molar-refractivity contribution < 1.29 is 46.4 Å². The minimum atomic E-state index is -4.91. The normalized spacial score (nSPS) is 11.7. The zero-order valence-electron chi connectivity index (χ0n) is 24.6. The molecule has 0 aliphatic rings. The molecule has 0 amide bonds. The van der Waals surface area contributed by atoms with Crippen LogP contribution in [0.4, 0.5) is 26.3 Å². The van der Waals surface area contributed by atoms with Gasteiger partial charge in [-0.25, -0.2) is 9.13 Å². The molecule has 0 spiro atoms. The van der Waals surface area contributed by atoms with Gasteiger partial charge in [-0.2, -0.15) is 37.3 Å². The molecule has 3 heterocycles. The number of rotatable bonds is 5. The summed E-state index contributed by atoms with van der Waals surface area (Å²) >= 11 is 0. The van der Waals surface area contributed by atoms with E-state index in [1.807, 2.05) is 6.07 Å². The summed E-state index contributed by atoms with van der Waals surface area (Å²) in [4.78, 5) is 3.73. The van der Waals surface area contributed by atoms with Gasteiger partial charge in [0.1, 0.15) is 25.0 Å². The van der Waals surface area contributed by atoms with Crippen LogP contribution in [-0.4, -0.2) is 29.5 Å². The van der Waals surface area contributed by atoms with Gasteiger partial charge in [-0.15, -0.1) is 23.8 Å². The fourth-order valence-electron chi connectivity index (χ4n) is 5.41. The number of aromatic nitrogens is 5. The Kier molecular flexibility index (Phi) is 10.4. The van der Waals surface area contributed by atoms with Gasteiger partial charge in [0.05, 0.1) is 0 Å². The number of hydrogen-bond acceptors (Lipinski definition) is 1. The Labute approximate surface area is 275 Å². The predicted octanol–water partition coefficient (Wildman–Crippen LogP) is 6.77. The Balaban J connectivity index is 0.000000210. The van der Waals surface area contributed by atoms with Crippen LogP contribution in [0.3, 0.4) is 0 Å². The number of halogens is 6. The molecule has 0 fully saturated rings. The third kappa shape index (κ3) is 7.32. The first kappa shape index (κ1) is 34.4. The van der Waals surface area contributed by atoms with Crippen molar-refractivity contribution in [1.29, 1.82) is 0 Å². The Hall–Kier alpha value is -4.48. The van der Waals surface area contributed by atoms with Crippen molar-refractivity contribution >= 4 is 17.3 Å². The maximum Gasteiger partial charge on any atom is 0.399 e. The maximum absolute atomic E-state index is 12.7. The van der Waals surface area contributed by atoms with Gasteiger partial charge < -0.3 is 13.9 Å². The number of aryl methyl sites for hydroxylation is 2. The van der Waals surface area contributed by atoms with E-state index in [0.717, 1.165) is 0 Å². The standard InChI is InChI=1S/C20H22BN4.C13H6F6N.Ir/c1-22-13-15-24(17-22)21(19-9-5-3-6-10-19,20-11-7-4-8-12-20)25-16-14-23(2)18-25;14-12(15,16)9-5-8(11-3-1-2-4-20-11)6-10(7-9)13(17,18)19;/h3-18H,1-2H3;1-5,7H;/q+1;-1;. The van der Waals surface area contributed by atoms with Gasteiger partial charge in [0.15, 0.2) is 12.4 Å². The van der Waals surface area contributed by atoms with E-state index in [-0.39, 0.29) is 37.4 Å². The fourth-order valence-corrected chi connectivity index (χ4v) is 5.41. The van der Waals surface area contributed by atoms with E-state index < -0.39 is 29.9 Å². The molecule has 239 valence electrons. The van der Waals surface area contributed by atoms with Crippen molar-refractivity contribution in [2.45, 2.75) is 12.4 Å². The van der Waals surface area contributed by atoms with Crippen molar-refractivity contribution in [3.05, 3.63) is 152 Å². The van der Waals surface area contributed by atoms with Crippen molar-refractivity contribution in [1.82, 2.24) is 23.1 Å². The number of nitrogens with zero attached hydrogens (tertiary/aromatic N) is 5. The van der Waals surface area contributed by atoms with Gasteiger partial charge in [-0.1, -0.05) is 72.8 Å². The summed E-state index contributed by atoms with van der Waals surface area (Å²) in [6.45, 7) is 0. The molecule has 0 aliphatic heterocycles. The molecule has 6 rings (SSSR count). The fraction of sp³-hybridized carbons (Fsp3) is 0.121. The number of alkyl halides is 6. The van der Waals surface area contributed by atoms with Gasteiger partial charge in [-0.3, -0.25) is 0 Å². The van der Waals surface area contributed by atoms with Gasteiger partial charge in [0.25, 0.3) is 0 Å². The minimum Gasteiger partial charge on any atom is -0.366 e. The van der Waals surface area contributed by atoms with Crippen molar-refractivity contribution in [2.75, 3.05) is 0 Å². The molecule has 0 saturated heterocycles. The van der Waals surface area contributed by atoms with Gasteiger partial charge in [0.2, 0.25) is 0 Å². The van der Waals surface area contributed by atoms with Crippen LogP contribution in [0.15, 0.2) is 135 Å². The molecule has 0 bridgehead atoms. The molecule has 0 saturated carbocycles. The second-order valence-corrected chi connectivity index (χ2v) is 10.6. The average Bonchev–Trinajstić information content (AvgIpc) is 3.67. The summed E-state index contributed by atoms with van der Waals surface area (Å²) in [6.07, 6.45) is 2.89. The molecule has 5 nitrogen and oxygen atoms in total. The van der Waals surface area contributed by atoms with Gasteiger partial charge in [-0.05, 0) is 22.9 Å². The SMILES string of the molecule is Cn1ccn([B-](c2ccccc2)(c2ccccc2)n2ccn(C)[cH+]2)[cH+]1.FC(F)(F)c1[c-]c(-c2ccccn2)cc(C(F)(F)F)c1.[Ir]. The number of pyridine rings is 1. The molecule has 13 heteroatoms. The first-order chi connectivity index (χ1) is 21.4.